The van der Waals surface area contributed by atoms with Crippen LogP contribution in [-0.2, 0) is 4.79 Å². The minimum Gasteiger partial charge on any atom is -0.361 e. The van der Waals surface area contributed by atoms with Crippen LogP contribution in [0.5, 0.6) is 0 Å². The van der Waals surface area contributed by atoms with E-state index >= 15 is 0 Å². The number of hydrogen-bond acceptors (Lipinski definition) is 4. The number of carbonyl (C=O) groups excluding carboxylic acids is 1. The van der Waals surface area contributed by atoms with Gasteiger partial charge in [-0.25, -0.2) is 0 Å². The number of benzene rings is 1. The summed E-state index contributed by atoms with van der Waals surface area (Å²) in [5.41, 5.74) is 1.39. The second-order valence-corrected chi connectivity index (χ2v) is 7.02. The van der Waals surface area contributed by atoms with Crippen LogP contribution in [0.4, 0.5) is 11.4 Å². The Labute approximate surface area is 129 Å². The molecule has 2 saturated carbocycles. The minimum absolute atomic E-state index is 0.00687. The lowest BCUT2D eigenvalue weighted by Gasteiger charge is -2.31. The standard InChI is InChI=1S/C17H20N2O3/c1-16(2)14-8-9-17(16,3)15(20)13(14)10-18-11-4-6-12(7-5-11)19(21)22/h4-7,10,14,18H,8-9H2,1-3H3/b13-10+. The number of nitro groups is 1. The molecule has 0 spiro atoms. The Hall–Kier alpha value is -2.17. The maximum atomic E-state index is 12.7. The summed E-state index contributed by atoms with van der Waals surface area (Å²) in [6.45, 7) is 6.42. The maximum absolute atomic E-state index is 12.7. The molecule has 116 valence electrons. The summed E-state index contributed by atoms with van der Waals surface area (Å²) in [5.74, 6) is 0.527. The molecule has 22 heavy (non-hydrogen) atoms. The fraction of sp³-hybridized carbons (Fsp3) is 0.471. The SMILES string of the molecule is CC12CCC(/C(=C\Nc3ccc([N+](=O)[O-])cc3)C1=O)C2(C)C. The number of Topliss-reactive ketones (excluding diaryl/α,β-unsaturated/α-hetero) is 1. The highest BCUT2D eigenvalue weighted by Gasteiger charge is 2.63. The van der Waals surface area contributed by atoms with Crippen molar-refractivity contribution < 1.29 is 9.72 Å². The third-order valence-corrected chi connectivity index (χ3v) is 5.84. The number of fused-ring (bicyclic) bond motifs is 2. The smallest absolute Gasteiger partial charge is 0.269 e. The molecular formula is C17H20N2O3. The van der Waals surface area contributed by atoms with Crippen LogP contribution in [0.2, 0.25) is 0 Å². The third kappa shape index (κ3) is 1.88. The molecule has 1 aromatic carbocycles. The largest absolute Gasteiger partial charge is 0.361 e. The molecule has 0 heterocycles. The molecule has 0 aromatic heterocycles. The molecule has 2 unspecified atom stereocenters. The van der Waals surface area contributed by atoms with Gasteiger partial charge in [-0.1, -0.05) is 20.8 Å². The average molecular weight is 300 g/mol. The third-order valence-electron chi connectivity index (χ3n) is 5.84. The fourth-order valence-corrected chi connectivity index (χ4v) is 3.93. The van der Waals surface area contributed by atoms with Crippen molar-refractivity contribution in [2.45, 2.75) is 33.6 Å². The summed E-state index contributed by atoms with van der Waals surface area (Å²) >= 11 is 0. The Balaban J connectivity index is 1.82. The Bertz CT molecular complexity index is 676. The number of rotatable bonds is 3. The molecule has 1 aromatic rings. The van der Waals surface area contributed by atoms with Gasteiger partial charge < -0.3 is 5.32 Å². The number of nitro benzene ring substituents is 1. The van der Waals surface area contributed by atoms with E-state index in [2.05, 4.69) is 26.1 Å². The number of carbonyl (C=O) groups is 1. The molecule has 2 atom stereocenters. The molecule has 0 aliphatic heterocycles. The predicted octanol–water partition coefficient (Wildman–Crippen LogP) is 3.92. The van der Waals surface area contributed by atoms with Crippen LogP contribution in [0.15, 0.2) is 36.0 Å². The van der Waals surface area contributed by atoms with Crippen LogP contribution < -0.4 is 5.32 Å². The minimum atomic E-state index is -0.426. The van der Waals surface area contributed by atoms with E-state index in [1.165, 1.54) is 12.1 Å². The molecule has 3 rings (SSSR count). The van der Waals surface area contributed by atoms with Crippen molar-refractivity contribution >= 4 is 17.2 Å². The summed E-state index contributed by atoms with van der Waals surface area (Å²) in [7, 11) is 0. The molecule has 2 aliphatic carbocycles. The van der Waals surface area contributed by atoms with Gasteiger partial charge in [0, 0.05) is 35.0 Å². The second-order valence-electron chi connectivity index (χ2n) is 7.02. The van der Waals surface area contributed by atoms with E-state index < -0.39 is 4.92 Å². The number of nitrogens with zero attached hydrogens (tertiary/aromatic N) is 1. The Morgan fingerprint density at radius 3 is 2.41 bits per heavy atom. The Morgan fingerprint density at radius 2 is 1.91 bits per heavy atom. The van der Waals surface area contributed by atoms with Crippen molar-refractivity contribution in [3.8, 4) is 0 Å². The van der Waals surface area contributed by atoms with Crippen LogP contribution in [0.1, 0.15) is 33.6 Å². The van der Waals surface area contributed by atoms with Crippen LogP contribution in [0, 0.1) is 26.9 Å². The van der Waals surface area contributed by atoms with Crippen LogP contribution >= 0.6 is 0 Å². The van der Waals surface area contributed by atoms with Crippen molar-refractivity contribution in [2.75, 3.05) is 5.32 Å². The Kier molecular flexibility index (Phi) is 3.13. The van der Waals surface area contributed by atoms with Crippen molar-refractivity contribution in [1.82, 2.24) is 0 Å². The van der Waals surface area contributed by atoms with Crippen LogP contribution in [0.25, 0.3) is 0 Å². The highest BCUT2D eigenvalue weighted by molar-refractivity contribution is 6.04. The number of allylic oxidation sites excluding steroid dienone is 1. The molecule has 1 N–H and O–H groups in total. The second kappa shape index (κ2) is 4.66. The lowest BCUT2D eigenvalue weighted by atomic mass is 9.70. The van der Waals surface area contributed by atoms with E-state index in [1.54, 1.807) is 18.3 Å². The van der Waals surface area contributed by atoms with Crippen LogP contribution in [-0.4, -0.2) is 10.7 Å². The maximum Gasteiger partial charge on any atom is 0.269 e. The summed E-state index contributed by atoms with van der Waals surface area (Å²) in [5, 5.41) is 13.8. The van der Waals surface area contributed by atoms with Gasteiger partial charge >= 0.3 is 0 Å². The number of nitrogens with one attached hydrogen (secondary N) is 1. The van der Waals surface area contributed by atoms with Gasteiger partial charge in [-0.05, 0) is 36.3 Å². The monoisotopic (exact) mass is 300 g/mol. The average Bonchev–Trinajstić information content (AvgIpc) is 2.78. The van der Waals surface area contributed by atoms with Gasteiger partial charge in [0.05, 0.1) is 4.92 Å². The van der Waals surface area contributed by atoms with Gasteiger partial charge in [-0.3, -0.25) is 14.9 Å². The topological polar surface area (TPSA) is 72.2 Å². The zero-order valence-corrected chi connectivity index (χ0v) is 13.1. The van der Waals surface area contributed by atoms with E-state index in [9.17, 15) is 14.9 Å². The van der Waals surface area contributed by atoms with Crippen molar-refractivity contribution in [3.05, 3.63) is 46.2 Å². The first-order valence-corrected chi connectivity index (χ1v) is 7.53. The summed E-state index contributed by atoms with van der Waals surface area (Å²) < 4.78 is 0. The lowest BCUT2D eigenvalue weighted by Crippen LogP contribution is -2.32. The van der Waals surface area contributed by atoms with E-state index in [-0.39, 0.29) is 28.2 Å². The quantitative estimate of drug-likeness (QED) is 0.522. The first kappa shape index (κ1) is 14.8. The Morgan fingerprint density at radius 1 is 1.27 bits per heavy atom. The van der Waals surface area contributed by atoms with Gasteiger partial charge in [-0.15, -0.1) is 0 Å². The number of anilines is 1. The molecule has 5 heteroatoms. The first-order valence-electron chi connectivity index (χ1n) is 7.53. The predicted molar refractivity (Wildman–Crippen MR) is 84.4 cm³/mol. The van der Waals surface area contributed by atoms with E-state index in [4.69, 9.17) is 0 Å². The van der Waals surface area contributed by atoms with Crippen molar-refractivity contribution in [1.29, 1.82) is 0 Å². The van der Waals surface area contributed by atoms with E-state index in [1.807, 2.05) is 0 Å². The highest BCUT2D eigenvalue weighted by Crippen LogP contribution is 2.65. The van der Waals surface area contributed by atoms with Crippen LogP contribution in [0.3, 0.4) is 0 Å². The molecule has 5 nitrogen and oxygen atoms in total. The number of ketones is 1. The lowest BCUT2D eigenvalue weighted by molar-refractivity contribution is -0.384. The van der Waals surface area contributed by atoms with Crippen molar-refractivity contribution in [3.63, 3.8) is 0 Å². The molecule has 2 fully saturated rings. The molecule has 0 amide bonds. The molecular weight excluding hydrogens is 280 g/mol. The fourth-order valence-electron chi connectivity index (χ4n) is 3.93. The van der Waals surface area contributed by atoms with Gasteiger partial charge in [0.1, 0.15) is 0 Å². The normalized spacial score (nSPS) is 30.8. The zero-order valence-electron chi connectivity index (χ0n) is 13.1. The summed E-state index contributed by atoms with van der Waals surface area (Å²) in [6.07, 6.45) is 3.79. The summed E-state index contributed by atoms with van der Waals surface area (Å²) in [6, 6.07) is 6.21. The summed E-state index contributed by atoms with van der Waals surface area (Å²) in [4.78, 5) is 22.9. The molecule has 0 radical (unpaired) electrons. The van der Waals surface area contributed by atoms with Gasteiger partial charge in [-0.2, -0.15) is 0 Å². The van der Waals surface area contributed by atoms with Gasteiger partial charge in [0.25, 0.3) is 5.69 Å². The van der Waals surface area contributed by atoms with E-state index in [0.29, 0.717) is 0 Å². The molecule has 0 saturated heterocycles. The first-order chi connectivity index (χ1) is 10.3. The van der Waals surface area contributed by atoms with Gasteiger partial charge in [0.15, 0.2) is 5.78 Å². The van der Waals surface area contributed by atoms with Crippen molar-refractivity contribution in [2.24, 2.45) is 16.7 Å². The number of hydrogen-bond donors (Lipinski definition) is 1. The molecule has 2 aliphatic rings. The highest BCUT2D eigenvalue weighted by atomic mass is 16.6. The zero-order chi connectivity index (χ0) is 16.1. The molecule has 2 bridgehead atoms. The van der Waals surface area contributed by atoms with E-state index in [0.717, 1.165) is 24.1 Å². The number of non-ortho nitro benzene ring substituents is 1. The van der Waals surface area contributed by atoms with Gasteiger partial charge in [0.2, 0.25) is 0 Å².